The minimum absolute atomic E-state index is 0.743. The maximum atomic E-state index is 11.9. The van der Waals surface area contributed by atoms with Crippen molar-refractivity contribution in [1.29, 1.82) is 0 Å². The fourth-order valence-electron chi connectivity index (χ4n) is 0.352. The predicted octanol–water partition coefficient (Wildman–Crippen LogP) is -1.20. The number of rotatable bonds is 0. The Kier molecular flexibility index (Phi) is 1.16. The molecular formula is CHF2NO4S2. The molecule has 10 heavy (non-hydrogen) atoms. The molecule has 0 saturated carbocycles. The van der Waals surface area contributed by atoms with Gasteiger partial charge in [0.1, 0.15) is 0 Å². The number of hydrogen-bond acceptors (Lipinski definition) is 4. The maximum Gasteiger partial charge on any atom is 0.474 e. The lowest BCUT2D eigenvalue weighted by molar-refractivity contribution is 0.168. The zero-order chi connectivity index (χ0) is 8.21. The first kappa shape index (κ1) is 7.82. The van der Waals surface area contributed by atoms with E-state index < -0.39 is 24.6 Å². The minimum atomic E-state index is -4.94. The van der Waals surface area contributed by atoms with Crippen molar-refractivity contribution in [2.75, 3.05) is 0 Å². The van der Waals surface area contributed by atoms with Crippen LogP contribution in [0.5, 0.6) is 0 Å². The van der Waals surface area contributed by atoms with E-state index in [0.29, 0.717) is 0 Å². The first-order chi connectivity index (χ1) is 4.21. The van der Waals surface area contributed by atoms with E-state index in [2.05, 4.69) is 0 Å². The van der Waals surface area contributed by atoms with Gasteiger partial charge in [0, 0.05) is 0 Å². The Bertz CT molecular complexity index is 317. The highest BCUT2D eigenvalue weighted by Crippen LogP contribution is 2.35. The molecule has 1 heterocycles. The van der Waals surface area contributed by atoms with E-state index in [0.717, 1.165) is 4.13 Å². The Labute approximate surface area is 55.1 Å². The van der Waals surface area contributed by atoms with Crippen LogP contribution in [-0.4, -0.2) is 21.4 Å². The summed E-state index contributed by atoms with van der Waals surface area (Å²) in [6.07, 6.45) is 0. The van der Waals surface area contributed by atoms with Gasteiger partial charge in [-0.05, 0) is 0 Å². The van der Waals surface area contributed by atoms with Gasteiger partial charge in [-0.3, -0.25) is 0 Å². The number of alkyl halides is 2. The second-order valence-corrected chi connectivity index (χ2v) is 5.52. The monoisotopic (exact) mass is 193 g/mol. The van der Waals surface area contributed by atoms with Crippen molar-refractivity contribution in [2.24, 2.45) is 0 Å². The smallest absolute Gasteiger partial charge is 0.204 e. The molecule has 60 valence electrons. The van der Waals surface area contributed by atoms with Crippen LogP contribution in [0.25, 0.3) is 0 Å². The highest BCUT2D eigenvalue weighted by molar-refractivity contribution is 8.22. The third-order valence-corrected chi connectivity index (χ3v) is 5.17. The Morgan fingerprint density at radius 2 is 1.30 bits per heavy atom. The molecule has 0 aliphatic carbocycles. The van der Waals surface area contributed by atoms with Crippen LogP contribution < -0.4 is 4.13 Å². The number of halogens is 2. The van der Waals surface area contributed by atoms with Gasteiger partial charge in [-0.2, -0.15) is 8.78 Å². The van der Waals surface area contributed by atoms with Gasteiger partial charge >= 0.3 is 24.6 Å². The number of nitrogens with one attached hydrogen (secondary N) is 1. The Balaban J connectivity index is 3.35. The molecule has 5 nitrogen and oxygen atoms in total. The summed E-state index contributed by atoms with van der Waals surface area (Å²) in [6, 6.07) is 0. The van der Waals surface area contributed by atoms with Gasteiger partial charge in [-0.15, -0.1) is 0 Å². The molecule has 0 bridgehead atoms. The van der Waals surface area contributed by atoms with E-state index in [1.807, 2.05) is 0 Å². The predicted molar refractivity (Wildman–Crippen MR) is 25.9 cm³/mol. The first-order valence-corrected chi connectivity index (χ1v) is 4.83. The van der Waals surface area contributed by atoms with Crippen molar-refractivity contribution < 1.29 is 25.6 Å². The second-order valence-electron chi connectivity index (χ2n) is 1.55. The summed E-state index contributed by atoms with van der Waals surface area (Å²) in [5, 5.41) is 0. The molecular weight excluding hydrogens is 192 g/mol. The van der Waals surface area contributed by atoms with Gasteiger partial charge in [0.15, 0.2) is 0 Å². The molecule has 0 aromatic heterocycles. The van der Waals surface area contributed by atoms with Gasteiger partial charge in [0.25, 0.3) is 0 Å². The van der Waals surface area contributed by atoms with E-state index in [9.17, 15) is 25.6 Å². The summed E-state index contributed by atoms with van der Waals surface area (Å²) in [5.41, 5.74) is 0. The highest BCUT2D eigenvalue weighted by atomic mass is 32.3. The van der Waals surface area contributed by atoms with Crippen molar-refractivity contribution in [3.05, 3.63) is 0 Å². The van der Waals surface area contributed by atoms with Crippen LogP contribution in [0.4, 0.5) is 8.78 Å². The molecule has 1 aliphatic rings. The molecule has 9 heteroatoms. The Hall–Kier alpha value is -0.280. The summed E-state index contributed by atoms with van der Waals surface area (Å²) in [5.74, 6) is 0. The molecule has 0 aromatic rings. The molecule has 1 aliphatic heterocycles. The molecule has 0 atom stereocenters. The lowest BCUT2D eigenvalue weighted by Crippen LogP contribution is -2.62. The third-order valence-electron chi connectivity index (χ3n) is 0.845. The van der Waals surface area contributed by atoms with E-state index >= 15 is 0 Å². The molecule has 1 fully saturated rings. The molecule has 1 N–H and O–H groups in total. The summed E-state index contributed by atoms with van der Waals surface area (Å²) < 4.78 is 59.5. The van der Waals surface area contributed by atoms with Crippen LogP contribution in [0.1, 0.15) is 0 Å². The molecule has 1 saturated heterocycles. The van der Waals surface area contributed by atoms with Crippen LogP contribution in [0.3, 0.4) is 0 Å². The van der Waals surface area contributed by atoms with Crippen LogP contribution in [0.2, 0.25) is 0 Å². The average molecular weight is 193 g/mol. The minimum Gasteiger partial charge on any atom is -0.204 e. The van der Waals surface area contributed by atoms with Gasteiger partial charge in [-0.1, -0.05) is 4.13 Å². The van der Waals surface area contributed by atoms with Crippen LogP contribution >= 0.6 is 0 Å². The van der Waals surface area contributed by atoms with Crippen molar-refractivity contribution in [1.82, 2.24) is 4.13 Å². The summed E-state index contributed by atoms with van der Waals surface area (Å²) in [7, 11) is -9.88. The summed E-state index contributed by atoms with van der Waals surface area (Å²) >= 11 is 0. The van der Waals surface area contributed by atoms with Gasteiger partial charge in [-0.25, -0.2) is 16.8 Å². The fourth-order valence-corrected chi connectivity index (χ4v) is 3.17. The standard InChI is InChI=1S/CHF2NO4S2/c2-1(3)9(5,6)4-10(1,7)8/h4H. The molecule has 0 aromatic carbocycles. The van der Waals surface area contributed by atoms with E-state index in [1.165, 1.54) is 0 Å². The molecule has 0 unspecified atom stereocenters. The van der Waals surface area contributed by atoms with E-state index in [4.69, 9.17) is 0 Å². The van der Waals surface area contributed by atoms with Crippen molar-refractivity contribution in [3.8, 4) is 0 Å². The lowest BCUT2D eigenvalue weighted by atomic mass is 11.6. The normalized spacial score (nSPS) is 32.6. The van der Waals surface area contributed by atoms with Crippen molar-refractivity contribution >= 4 is 20.0 Å². The largest absolute Gasteiger partial charge is 0.474 e. The Morgan fingerprint density at radius 1 is 1.00 bits per heavy atom. The van der Waals surface area contributed by atoms with Gasteiger partial charge in [0.05, 0.1) is 0 Å². The average Bonchev–Trinajstić information content (AvgIpc) is 1.61. The van der Waals surface area contributed by atoms with Crippen LogP contribution in [-0.2, 0) is 20.0 Å². The maximum absolute atomic E-state index is 11.9. The molecule has 1 rings (SSSR count). The topological polar surface area (TPSA) is 80.3 Å². The molecule has 0 radical (unpaired) electrons. The van der Waals surface area contributed by atoms with Crippen molar-refractivity contribution in [3.63, 3.8) is 0 Å². The quantitative estimate of drug-likeness (QED) is 0.524. The lowest BCUT2D eigenvalue weighted by Gasteiger charge is -2.25. The fraction of sp³-hybridized carbons (Fsp3) is 1.00. The van der Waals surface area contributed by atoms with Gasteiger partial charge in [0.2, 0.25) is 0 Å². The summed E-state index contributed by atoms with van der Waals surface area (Å²) in [4.78, 5) is 0. The zero-order valence-electron chi connectivity index (χ0n) is 4.21. The second kappa shape index (κ2) is 1.48. The zero-order valence-corrected chi connectivity index (χ0v) is 5.84. The Morgan fingerprint density at radius 3 is 1.30 bits per heavy atom. The summed E-state index contributed by atoms with van der Waals surface area (Å²) in [6.45, 7) is 0. The van der Waals surface area contributed by atoms with E-state index in [1.54, 1.807) is 0 Å². The van der Waals surface area contributed by atoms with Crippen molar-refractivity contribution in [2.45, 2.75) is 4.59 Å². The van der Waals surface area contributed by atoms with Gasteiger partial charge < -0.3 is 0 Å². The third kappa shape index (κ3) is 0.620. The van der Waals surface area contributed by atoms with E-state index in [-0.39, 0.29) is 0 Å². The van der Waals surface area contributed by atoms with Crippen LogP contribution in [0.15, 0.2) is 0 Å². The first-order valence-electron chi connectivity index (χ1n) is 1.86. The highest BCUT2D eigenvalue weighted by Gasteiger charge is 2.69. The number of hydrogen-bond donors (Lipinski definition) is 1. The SMILES string of the molecule is O=S1(=O)NS(=O)(=O)C1(F)F. The molecule has 0 amide bonds. The number of sulfonamides is 2. The van der Waals surface area contributed by atoms with Crippen LogP contribution in [0, 0.1) is 0 Å². The molecule has 0 spiro atoms.